The van der Waals surface area contributed by atoms with Gasteiger partial charge in [-0.25, -0.2) is 14.4 Å². The highest BCUT2D eigenvalue weighted by Crippen LogP contribution is 2.23. The highest BCUT2D eigenvalue weighted by Gasteiger charge is 2.16. The largest absolute Gasteiger partial charge is 0.316 e. The second kappa shape index (κ2) is 4.02. The monoisotopic (exact) mass is 199 g/mol. The van der Waals surface area contributed by atoms with Gasteiger partial charge in [-0.2, -0.15) is 0 Å². The molecule has 2 rings (SSSR count). The van der Waals surface area contributed by atoms with E-state index in [1.54, 1.807) is 11.8 Å². The zero-order valence-corrected chi connectivity index (χ0v) is 7.85. The third-order valence-corrected chi connectivity index (χ3v) is 3.04. The summed E-state index contributed by atoms with van der Waals surface area (Å²) in [6.07, 6.45) is 3.54. The standard InChI is InChI=1S/C8H10FN3S/c9-6-3-11-8(12-4-6)13-7-1-2-10-5-7/h3-4,7,10H,1-2,5H2/t7-/m1/s1. The molecule has 1 fully saturated rings. The van der Waals surface area contributed by atoms with Gasteiger partial charge in [0.05, 0.1) is 12.4 Å². The van der Waals surface area contributed by atoms with Gasteiger partial charge in [0.2, 0.25) is 0 Å². The van der Waals surface area contributed by atoms with E-state index in [0.717, 1.165) is 19.5 Å². The zero-order chi connectivity index (χ0) is 9.10. The fourth-order valence-corrected chi connectivity index (χ4v) is 2.20. The normalized spacial score (nSPS) is 22.1. The minimum absolute atomic E-state index is 0.381. The van der Waals surface area contributed by atoms with Crippen molar-refractivity contribution in [2.75, 3.05) is 13.1 Å². The molecule has 1 saturated heterocycles. The smallest absolute Gasteiger partial charge is 0.187 e. The summed E-state index contributed by atoms with van der Waals surface area (Å²) in [6.45, 7) is 2.05. The van der Waals surface area contributed by atoms with Crippen molar-refractivity contribution in [1.29, 1.82) is 0 Å². The van der Waals surface area contributed by atoms with Crippen LogP contribution in [-0.2, 0) is 0 Å². The number of hydrogen-bond donors (Lipinski definition) is 1. The second-order valence-electron chi connectivity index (χ2n) is 2.92. The molecule has 1 aliphatic rings. The third kappa shape index (κ3) is 2.38. The predicted molar refractivity (Wildman–Crippen MR) is 49.1 cm³/mol. The summed E-state index contributed by atoms with van der Waals surface area (Å²) in [5.41, 5.74) is 0. The Morgan fingerprint density at radius 1 is 1.46 bits per heavy atom. The van der Waals surface area contributed by atoms with Crippen molar-refractivity contribution in [2.24, 2.45) is 0 Å². The van der Waals surface area contributed by atoms with Crippen LogP contribution < -0.4 is 5.32 Å². The maximum Gasteiger partial charge on any atom is 0.187 e. The number of aromatic nitrogens is 2. The van der Waals surface area contributed by atoms with Crippen LogP contribution in [0, 0.1) is 5.82 Å². The lowest BCUT2D eigenvalue weighted by Crippen LogP contribution is -2.10. The number of hydrogen-bond acceptors (Lipinski definition) is 4. The molecule has 0 amide bonds. The summed E-state index contributed by atoms with van der Waals surface area (Å²) >= 11 is 1.61. The molecule has 1 aromatic heterocycles. The number of thioether (sulfide) groups is 1. The molecule has 0 aliphatic carbocycles. The molecule has 70 valence electrons. The van der Waals surface area contributed by atoms with Gasteiger partial charge in [0.15, 0.2) is 11.0 Å². The molecular formula is C8H10FN3S. The van der Waals surface area contributed by atoms with Gasteiger partial charge in [0.1, 0.15) is 0 Å². The highest BCUT2D eigenvalue weighted by atomic mass is 32.2. The Bertz CT molecular complexity index is 271. The first-order chi connectivity index (χ1) is 6.34. The molecule has 2 heterocycles. The summed E-state index contributed by atoms with van der Waals surface area (Å²) in [5, 5.41) is 4.45. The molecule has 0 bridgehead atoms. The minimum Gasteiger partial charge on any atom is -0.316 e. The van der Waals surface area contributed by atoms with Gasteiger partial charge in [0, 0.05) is 11.8 Å². The molecule has 1 atom stereocenters. The first-order valence-electron chi connectivity index (χ1n) is 4.19. The maximum atomic E-state index is 12.5. The minimum atomic E-state index is -0.381. The van der Waals surface area contributed by atoms with E-state index in [0.29, 0.717) is 10.4 Å². The first kappa shape index (κ1) is 8.90. The summed E-state index contributed by atoms with van der Waals surface area (Å²) in [4.78, 5) is 7.78. The molecule has 0 spiro atoms. The number of nitrogens with one attached hydrogen (secondary N) is 1. The lowest BCUT2D eigenvalue weighted by atomic mass is 10.4. The fraction of sp³-hybridized carbons (Fsp3) is 0.500. The van der Waals surface area contributed by atoms with Gasteiger partial charge in [-0.15, -0.1) is 0 Å². The molecule has 0 saturated carbocycles. The Labute approximate surface area is 80.2 Å². The summed E-state index contributed by atoms with van der Waals surface area (Å²) in [7, 11) is 0. The average Bonchev–Trinajstić information content (AvgIpc) is 2.62. The fourth-order valence-electron chi connectivity index (χ4n) is 1.24. The van der Waals surface area contributed by atoms with Gasteiger partial charge in [-0.05, 0) is 13.0 Å². The Kier molecular flexibility index (Phi) is 2.75. The van der Waals surface area contributed by atoms with E-state index >= 15 is 0 Å². The van der Waals surface area contributed by atoms with Crippen LogP contribution >= 0.6 is 11.8 Å². The Hall–Kier alpha value is -0.680. The van der Waals surface area contributed by atoms with E-state index < -0.39 is 0 Å². The Morgan fingerprint density at radius 3 is 2.85 bits per heavy atom. The first-order valence-corrected chi connectivity index (χ1v) is 5.07. The van der Waals surface area contributed by atoms with E-state index in [1.165, 1.54) is 12.4 Å². The SMILES string of the molecule is Fc1cnc(S[C@@H]2CCNC2)nc1. The summed E-state index contributed by atoms with van der Waals surface area (Å²) in [6, 6.07) is 0. The van der Waals surface area contributed by atoms with Crippen LogP contribution in [0.4, 0.5) is 4.39 Å². The number of nitrogens with zero attached hydrogens (tertiary/aromatic N) is 2. The molecule has 1 N–H and O–H groups in total. The lowest BCUT2D eigenvalue weighted by Gasteiger charge is -2.04. The Morgan fingerprint density at radius 2 is 2.23 bits per heavy atom. The van der Waals surface area contributed by atoms with E-state index in [2.05, 4.69) is 15.3 Å². The van der Waals surface area contributed by atoms with Crippen molar-refractivity contribution in [3.8, 4) is 0 Å². The molecule has 1 aromatic rings. The van der Waals surface area contributed by atoms with Gasteiger partial charge in [0.25, 0.3) is 0 Å². The van der Waals surface area contributed by atoms with E-state index in [4.69, 9.17) is 0 Å². The van der Waals surface area contributed by atoms with Crippen LogP contribution in [-0.4, -0.2) is 28.3 Å². The van der Waals surface area contributed by atoms with Gasteiger partial charge < -0.3 is 5.32 Å². The lowest BCUT2D eigenvalue weighted by molar-refractivity contribution is 0.605. The van der Waals surface area contributed by atoms with Crippen LogP contribution in [0.25, 0.3) is 0 Å². The quantitative estimate of drug-likeness (QED) is 0.723. The van der Waals surface area contributed by atoms with E-state index in [9.17, 15) is 4.39 Å². The van der Waals surface area contributed by atoms with Crippen LogP contribution in [0.5, 0.6) is 0 Å². The third-order valence-electron chi connectivity index (χ3n) is 1.88. The van der Waals surface area contributed by atoms with Crippen molar-refractivity contribution in [3.63, 3.8) is 0 Å². The van der Waals surface area contributed by atoms with Crippen molar-refractivity contribution < 1.29 is 4.39 Å². The van der Waals surface area contributed by atoms with Crippen molar-refractivity contribution in [2.45, 2.75) is 16.8 Å². The maximum absolute atomic E-state index is 12.5. The number of rotatable bonds is 2. The van der Waals surface area contributed by atoms with Crippen LogP contribution in [0.15, 0.2) is 17.6 Å². The zero-order valence-electron chi connectivity index (χ0n) is 7.03. The van der Waals surface area contributed by atoms with Gasteiger partial charge in [-0.1, -0.05) is 11.8 Å². The molecule has 3 nitrogen and oxygen atoms in total. The van der Waals surface area contributed by atoms with Crippen LogP contribution in [0.2, 0.25) is 0 Å². The van der Waals surface area contributed by atoms with Crippen molar-refractivity contribution >= 4 is 11.8 Å². The van der Waals surface area contributed by atoms with E-state index in [-0.39, 0.29) is 5.82 Å². The molecule has 0 radical (unpaired) electrons. The van der Waals surface area contributed by atoms with Gasteiger partial charge in [-0.3, -0.25) is 0 Å². The summed E-state index contributed by atoms with van der Waals surface area (Å²) in [5.74, 6) is -0.381. The van der Waals surface area contributed by atoms with Crippen LogP contribution in [0.3, 0.4) is 0 Å². The molecule has 0 aromatic carbocycles. The predicted octanol–water partition coefficient (Wildman–Crippen LogP) is 1.07. The topological polar surface area (TPSA) is 37.8 Å². The van der Waals surface area contributed by atoms with Crippen molar-refractivity contribution in [3.05, 3.63) is 18.2 Å². The Balaban J connectivity index is 1.97. The number of halogens is 1. The molecule has 1 aliphatic heterocycles. The molecule has 13 heavy (non-hydrogen) atoms. The van der Waals surface area contributed by atoms with E-state index in [1.807, 2.05) is 0 Å². The highest BCUT2D eigenvalue weighted by molar-refractivity contribution is 7.99. The molecule has 0 unspecified atom stereocenters. The molecule has 5 heteroatoms. The van der Waals surface area contributed by atoms with Crippen molar-refractivity contribution in [1.82, 2.24) is 15.3 Å². The second-order valence-corrected chi connectivity index (χ2v) is 4.18. The van der Waals surface area contributed by atoms with Crippen LogP contribution in [0.1, 0.15) is 6.42 Å². The van der Waals surface area contributed by atoms with Gasteiger partial charge >= 0.3 is 0 Å². The summed E-state index contributed by atoms with van der Waals surface area (Å²) < 4.78 is 12.5. The average molecular weight is 199 g/mol. The molecular weight excluding hydrogens is 189 g/mol.